The Kier molecular flexibility index (Phi) is 4.94. The fraction of sp³-hybridized carbons (Fsp3) is 0.300. The molecule has 1 amide bonds. The number of pyridine rings is 1. The first-order valence-electron chi connectivity index (χ1n) is 8.31. The van der Waals surface area contributed by atoms with E-state index in [1.807, 2.05) is 43.6 Å². The Bertz CT molecular complexity index is 824. The molecule has 0 aliphatic carbocycles. The van der Waals surface area contributed by atoms with Gasteiger partial charge in [-0.25, -0.2) is 0 Å². The summed E-state index contributed by atoms with van der Waals surface area (Å²) in [6, 6.07) is 11.9. The normalized spacial score (nSPS) is 10.9. The minimum Gasteiger partial charge on any atom is -0.461 e. The molecular formula is C20H22N2O2. The molecule has 0 unspecified atom stereocenters. The van der Waals surface area contributed by atoms with Gasteiger partial charge >= 0.3 is 0 Å². The van der Waals surface area contributed by atoms with E-state index in [2.05, 4.69) is 18.0 Å². The number of aryl methyl sites for hydroxylation is 2. The Morgan fingerprint density at radius 2 is 2.04 bits per heavy atom. The summed E-state index contributed by atoms with van der Waals surface area (Å²) in [5.41, 5.74) is 3.09. The van der Waals surface area contributed by atoms with Crippen molar-refractivity contribution in [1.29, 1.82) is 0 Å². The summed E-state index contributed by atoms with van der Waals surface area (Å²) < 4.78 is 5.91. The second-order valence-corrected chi connectivity index (χ2v) is 5.96. The lowest BCUT2D eigenvalue weighted by molar-refractivity contribution is -0.130. The van der Waals surface area contributed by atoms with Crippen LogP contribution in [0.3, 0.4) is 0 Å². The fourth-order valence-electron chi connectivity index (χ4n) is 2.92. The molecule has 0 N–H and O–H groups in total. The van der Waals surface area contributed by atoms with Crippen molar-refractivity contribution in [2.45, 2.75) is 32.7 Å². The summed E-state index contributed by atoms with van der Waals surface area (Å²) in [6.45, 7) is 2.65. The van der Waals surface area contributed by atoms with Gasteiger partial charge < -0.3 is 9.32 Å². The Morgan fingerprint density at radius 3 is 2.79 bits per heavy atom. The lowest BCUT2D eigenvalue weighted by Gasteiger charge is -2.17. The molecule has 3 rings (SSSR count). The number of benzene rings is 1. The zero-order valence-electron chi connectivity index (χ0n) is 14.2. The van der Waals surface area contributed by atoms with Crippen molar-refractivity contribution in [3.63, 3.8) is 0 Å². The Hall–Kier alpha value is -2.62. The first kappa shape index (κ1) is 16.2. The lowest BCUT2D eigenvalue weighted by atomic mass is 10.1. The highest BCUT2D eigenvalue weighted by molar-refractivity contribution is 5.83. The highest BCUT2D eigenvalue weighted by Gasteiger charge is 2.17. The van der Waals surface area contributed by atoms with Crippen LogP contribution in [0.2, 0.25) is 0 Å². The number of nitrogens with zero attached hydrogens (tertiary/aromatic N) is 2. The van der Waals surface area contributed by atoms with Crippen molar-refractivity contribution in [3.05, 3.63) is 65.7 Å². The van der Waals surface area contributed by atoms with Gasteiger partial charge in [-0.1, -0.05) is 31.2 Å². The molecule has 0 aliphatic heterocycles. The maximum Gasteiger partial charge on any atom is 0.222 e. The fourth-order valence-corrected chi connectivity index (χ4v) is 2.92. The smallest absolute Gasteiger partial charge is 0.222 e. The number of fused-ring (bicyclic) bond motifs is 1. The van der Waals surface area contributed by atoms with Crippen molar-refractivity contribution in [1.82, 2.24) is 9.88 Å². The molecule has 124 valence electrons. The van der Waals surface area contributed by atoms with Crippen LogP contribution in [-0.2, 0) is 24.2 Å². The van der Waals surface area contributed by atoms with Gasteiger partial charge in [0.1, 0.15) is 11.3 Å². The molecule has 2 heterocycles. The first-order valence-corrected chi connectivity index (χ1v) is 8.31. The number of furan rings is 1. The molecule has 0 fully saturated rings. The Morgan fingerprint density at radius 1 is 1.21 bits per heavy atom. The van der Waals surface area contributed by atoms with Crippen LogP contribution >= 0.6 is 0 Å². The first-order chi connectivity index (χ1) is 11.7. The van der Waals surface area contributed by atoms with Gasteiger partial charge in [-0.2, -0.15) is 0 Å². The van der Waals surface area contributed by atoms with Crippen LogP contribution in [0.4, 0.5) is 0 Å². The van der Waals surface area contributed by atoms with E-state index in [1.165, 1.54) is 0 Å². The van der Waals surface area contributed by atoms with E-state index < -0.39 is 0 Å². The van der Waals surface area contributed by atoms with Crippen molar-refractivity contribution >= 4 is 16.9 Å². The number of hydrogen-bond acceptors (Lipinski definition) is 3. The molecule has 0 saturated carbocycles. The van der Waals surface area contributed by atoms with Gasteiger partial charge in [0.15, 0.2) is 0 Å². The largest absolute Gasteiger partial charge is 0.461 e. The van der Waals surface area contributed by atoms with Gasteiger partial charge in [0.2, 0.25) is 5.91 Å². The third kappa shape index (κ3) is 3.48. The molecule has 0 spiro atoms. The maximum absolute atomic E-state index is 12.5. The molecule has 0 aliphatic rings. The average molecular weight is 322 g/mol. The van der Waals surface area contributed by atoms with Crippen LogP contribution in [-0.4, -0.2) is 22.8 Å². The monoisotopic (exact) mass is 322 g/mol. The van der Waals surface area contributed by atoms with Gasteiger partial charge in [0, 0.05) is 49.8 Å². The van der Waals surface area contributed by atoms with E-state index in [9.17, 15) is 4.79 Å². The quantitative estimate of drug-likeness (QED) is 0.689. The van der Waals surface area contributed by atoms with Crippen LogP contribution in [0.1, 0.15) is 30.2 Å². The lowest BCUT2D eigenvalue weighted by Crippen LogP contribution is -2.26. The van der Waals surface area contributed by atoms with Gasteiger partial charge in [-0.3, -0.25) is 9.78 Å². The second-order valence-electron chi connectivity index (χ2n) is 5.96. The molecule has 4 heteroatoms. The van der Waals surface area contributed by atoms with Crippen molar-refractivity contribution < 1.29 is 9.21 Å². The van der Waals surface area contributed by atoms with E-state index in [-0.39, 0.29) is 5.91 Å². The molecule has 0 saturated heterocycles. The summed E-state index contributed by atoms with van der Waals surface area (Å²) in [7, 11) is 1.85. The highest BCUT2D eigenvalue weighted by Crippen LogP contribution is 2.27. The highest BCUT2D eigenvalue weighted by atomic mass is 16.3. The maximum atomic E-state index is 12.5. The predicted octanol–water partition coefficient (Wildman–Crippen LogP) is 3.98. The number of carbonyl (C=O) groups excluding carboxylic acids is 1. The third-order valence-electron chi connectivity index (χ3n) is 4.27. The zero-order chi connectivity index (χ0) is 16.9. The summed E-state index contributed by atoms with van der Waals surface area (Å²) in [5.74, 6) is 1.09. The van der Waals surface area contributed by atoms with Crippen molar-refractivity contribution in [2.75, 3.05) is 7.05 Å². The van der Waals surface area contributed by atoms with Crippen LogP contribution in [0.25, 0.3) is 11.0 Å². The van der Waals surface area contributed by atoms with Crippen LogP contribution in [0, 0.1) is 0 Å². The standard InChI is InChI=1S/C20H22N2O2/c1-3-18-17(16-8-4-5-9-19(16)24-18)14-22(2)20(23)11-10-15-7-6-12-21-13-15/h4-9,12-13H,3,10-11,14H2,1-2H3. The number of amides is 1. The van der Waals surface area contributed by atoms with Gasteiger partial charge in [-0.15, -0.1) is 0 Å². The molecule has 4 nitrogen and oxygen atoms in total. The van der Waals surface area contributed by atoms with E-state index in [0.717, 1.165) is 34.3 Å². The summed E-state index contributed by atoms with van der Waals surface area (Å²) in [4.78, 5) is 18.3. The molecule has 1 aromatic carbocycles. The van der Waals surface area contributed by atoms with E-state index >= 15 is 0 Å². The number of carbonyl (C=O) groups is 1. The molecule has 0 radical (unpaired) electrons. The van der Waals surface area contributed by atoms with Crippen molar-refractivity contribution in [2.24, 2.45) is 0 Å². The van der Waals surface area contributed by atoms with Crippen LogP contribution in [0.5, 0.6) is 0 Å². The minimum atomic E-state index is 0.131. The van der Waals surface area contributed by atoms with Crippen LogP contribution in [0.15, 0.2) is 53.2 Å². The van der Waals surface area contributed by atoms with Gasteiger partial charge in [0.25, 0.3) is 0 Å². The third-order valence-corrected chi connectivity index (χ3v) is 4.27. The van der Waals surface area contributed by atoms with Gasteiger partial charge in [-0.05, 0) is 24.1 Å². The predicted molar refractivity (Wildman–Crippen MR) is 94.6 cm³/mol. The molecule has 24 heavy (non-hydrogen) atoms. The zero-order valence-corrected chi connectivity index (χ0v) is 14.2. The van der Waals surface area contributed by atoms with E-state index in [4.69, 9.17) is 4.42 Å². The van der Waals surface area contributed by atoms with Gasteiger partial charge in [0.05, 0.1) is 0 Å². The van der Waals surface area contributed by atoms with Crippen LogP contribution < -0.4 is 0 Å². The Balaban J connectivity index is 1.70. The minimum absolute atomic E-state index is 0.131. The number of aromatic nitrogens is 1. The molecule has 0 atom stereocenters. The molecular weight excluding hydrogens is 300 g/mol. The van der Waals surface area contributed by atoms with E-state index in [0.29, 0.717) is 19.4 Å². The van der Waals surface area contributed by atoms with Crippen molar-refractivity contribution in [3.8, 4) is 0 Å². The summed E-state index contributed by atoms with van der Waals surface area (Å²) >= 11 is 0. The van der Waals surface area contributed by atoms with E-state index in [1.54, 1.807) is 11.1 Å². The second kappa shape index (κ2) is 7.30. The topological polar surface area (TPSA) is 46.3 Å². The summed E-state index contributed by atoms with van der Waals surface area (Å²) in [6.07, 6.45) is 5.57. The SMILES string of the molecule is CCc1oc2ccccc2c1CN(C)C(=O)CCc1cccnc1. The number of rotatable bonds is 6. The number of para-hydroxylation sites is 1. The molecule has 2 aromatic heterocycles. The molecule has 0 bridgehead atoms. The summed E-state index contributed by atoms with van der Waals surface area (Å²) in [5, 5.41) is 1.10. The average Bonchev–Trinajstić information content (AvgIpc) is 2.98. The number of hydrogen-bond donors (Lipinski definition) is 0. The Labute approximate surface area is 142 Å². The molecule has 3 aromatic rings.